The summed E-state index contributed by atoms with van der Waals surface area (Å²) in [5, 5.41) is 2.90. The Bertz CT molecular complexity index is 516. The van der Waals surface area contributed by atoms with Crippen molar-refractivity contribution < 1.29 is 9.59 Å². The van der Waals surface area contributed by atoms with E-state index in [-0.39, 0.29) is 18.2 Å². The average molecular weight is 265 g/mol. The predicted molar refractivity (Wildman–Crippen MR) is 74.2 cm³/mol. The van der Waals surface area contributed by atoms with Crippen LogP contribution in [-0.2, 0) is 11.8 Å². The molecule has 0 aliphatic heterocycles. The molecule has 7 heteroatoms. The van der Waals surface area contributed by atoms with Gasteiger partial charge in [-0.3, -0.25) is 9.59 Å². The molecule has 1 aromatic rings. The number of nitrogens with one attached hydrogen (secondary N) is 1. The highest BCUT2D eigenvalue weighted by atomic mass is 16.2. The van der Waals surface area contributed by atoms with Crippen LogP contribution in [-0.4, -0.2) is 53.0 Å². The first-order valence-corrected chi connectivity index (χ1v) is 5.88. The normalized spacial score (nSPS) is 10.8. The Hall–Kier alpha value is -2.18. The number of imidazole rings is 1. The Morgan fingerprint density at radius 2 is 2.11 bits per heavy atom. The van der Waals surface area contributed by atoms with Crippen LogP contribution < -0.4 is 5.32 Å². The second kappa shape index (κ2) is 6.12. The molecule has 0 fully saturated rings. The fourth-order valence-corrected chi connectivity index (χ4v) is 1.56. The van der Waals surface area contributed by atoms with Gasteiger partial charge in [-0.05, 0) is 6.92 Å². The number of aromatic nitrogens is 2. The molecule has 0 aromatic carbocycles. The predicted octanol–water partition coefficient (Wildman–Crippen LogP) is 0.845. The Morgan fingerprint density at radius 1 is 1.47 bits per heavy atom. The van der Waals surface area contributed by atoms with Crippen molar-refractivity contribution in [3.05, 3.63) is 5.69 Å². The summed E-state index contributed by atoms with van der Waals surface area (Å²) in [7, 11) is 5.06. The molecule has 0 aliphatic rings. The van der Waals surface area contributed by atoms with Crippen LogP contribution in [0, 0.1) is 0 Å². The van der Waals surface area contributed by atoms with Crippen LogP contribution in [0.2, 0.25) is 0 Å². The van der Waals surface area contributed by atoms with Gasteiger partial charge in [-0.25, -0.2) is 4.99 Å². The average Bonchev–Trinajstić information content (AvgIpc) is 2.63. The molecule has 1 aromatic heterocycles. The first kappa shape index (κ1) is 14.9. The largest absolute Gasteiger partial charge is 0.347 e. The van der Waals surface area contributed by atoms with Crippen molar-refractivity contribution in [3.8, 4) is 0 Å². The molecule has 1 amide bonds. The monoisotopic (exact) mass is 265 g/mol. The standard InChI is InChI=1S/C12H19N5O2/c1-6-13-11-10(8(2)18)17(5)12(15-11)14-7-9(19)16(3)4/h6H,7H2,1-5H3,(H,14,15). The minimum absolute atomic E-state index is 0.0760. The molecule has 0 saturated heterocycles. The first-order chi connectivity index (χ1) is 8.88. The Labute approximate surface area is 112 Å². The SMILES string of the molecule is CC=Nc1nc(NCC(=O)N(C)C)n(C)c1C(C)=O. The van der Waals surface area contributed by atoms with Gasteiger partial charge in [0.2, 0.25) is 11.9 Å². The number of carbonyl (C=O) groups excluding carboxylic acids is 2. The van der Waals surface area contributed by atoms with Gasteiger partial charge in [0, 0.05) is 34.3 Å². The van der Waals surface area contributed by atoms with E-state index >= 15 is 0 Å². The van der Waals surface area contributed by atoms with Gasteiger partial charge >= 0.3 is 0 Å². The maximum atomic E-state index is 11.6. The zero-order valence-corrected chi connectivity index (χ0v) is 11.9. The van der Waals surface area contributed by atoms with E-state index in [0.29, 0.717) is 17.5 Å². The Balaban J connectivity index is 3.00. The lowest BCUT2D eigenvalue weighted by atomic mass is 10.3. The third kappa shape index (κ3) is 3.40. The maximum Gasteiger partial charge on any atom is 0.241 e. The molecule has 0 atom stereocenters. The molecule has 0 saturated carbocycles. The molecular weight excluding hydrogens is 246 g/mol. The molecule has 1 N–H and O–H groups in total. The lowest BCUT2D eigenvalue weighted by molar-refractivity contribution is -0.126. The number of Topliss-reactive ketones (excluding diaryl/α,β-unsaturated/α-hetero) is 1. The van der Waals surface area contributed by atoms with E-state index in [9.17, 15) is 9.59 Å². The quantitative estimate of drug-likeness (QED) is 0.632. The first-order valence-electron chi connectivity index (χ1n) is 5.88. The molecule has 19 heavy (non-hydrogen) atoms. The van der Waals surface area contributed by atoms with Gasteiger partial charge in [0.1, 0.15) is 5.69 Å². The highest BCUT2D eigenvalue weighted by molar-refractivity contribution is 5.97. The van der Waals surface area contributed by atoms with Crippen LogP contribution in [0.25, 0.3) is 0 Å². The van der Waals surface area contributed by atoms with E-state index in [1.165, 1.54) is 11.8 Å². The molecule has 7 nitrogen and oxygen atoms in total. The second-order valence-corrected chi connectivity index (χ2v) is 4.25. The Morgan fingerprint density at radius 3 is 2.58 bits per heavy atom. The molecule has 0 unspecified atom stereocenters. The summed E-state index contributed by atoms with van der Waals surface area (Å²) in [5.41, 5.74) is 0.415. The van der Waals surface area contributed by atoms with Gasteiger partial charge in [0.15, 0.2) is 11.6 Å². The highest BCUT2D eigenvalue weighted by Crippen LogP contribution is 2.22. The van der Waals surface area contributed by atoms with Crippen molar-refractivity contribution in [1.82, 2.24) is 14.5 Å². The van der Waals surface area contributed by atoms with Gasteiger partial charge in [0.05, 0.1) is 6.54 Å². The van der Waals surface area contributed by atoms with E-state index in [0.717, 1.165) is 0 Å². The van der Waals surface area contributed by atoms with Crippen molar-refractivity contribution in [2.45, 2.75) is 13.8 Å². The van der Waals surface area contributed by atoms with Crippen LogP contribution in [0.3, 0.4) is 0 Å². The number of rotatable bonds is 5. The van der Waals surface area contributed by atoms with E-state index in [4.69, 9.17) is 0 Å². The number of nitrogens with zero attached hydrogens (tertiary/aromatic N) is 4. The number of carbonyl (C=O) groups is 2. The summed E-state index contributed by atoms with van der Waals surface area (Å²) in [4.78, 5) is 32.8. The van der Waals surface area contributed by atoms with Crippen LogP contribution in [0.5, 0.6) is 0 Å². The van der Waals surface area contributed by atoms with Gasteiger partial charge in [0.25, 0.3) is 0 Å². The van der Waals surface area contributed by atoms with Crippen LogP contribution in [0.1, 0.15) is 24.3 Å². The minimum atomic E-state index is -0.123. The van der Waals surface area contributed by atoms with Crippen molar-refractivity contribution in [2.75, 3.05) is 26.0 Å². The van der Waals surface area contributed by atoms with E-state index < -0.39 is 0 Å². The van der Waals surface area contributed by atoms with Gasteiger partial charge in [-0.15, -0.1) is 0 Å². The third-order valence-corrected chi connectivity index (χ3v) is 2.56. The molecule has 0 radical (unpaired) electrons. The van der Waals surface area contributed by atoms with Crippen molar-refractivity contribution >= 4 is 29.7 Å². The number of hydrogen-bond donors (Lipinski definition) is 1. The number of ketones is 1. The molecule has 104 valence electrons. The molecule has 0 aliphatic carbocycles. The Kier molecular flexibility index (Phi) is 4.80. The second-order valence-electron chi connectivity index (χ2n) is 4.25. The lowest BCUT2D eigenvalue weighted by Crippen LogP contribution is -2.29. The summed E-state index contributed by atoms with van der Waals surface area (Å²) < 4.78 is 1.60. The minimum Gasteiger partial charge on any atom is -0.347 e. The van der Waals surface area contributed by atoms with Crippen molar-refractivity contribution in [2.24, 2.45) is 12.0 Å². The summed E-state index contributed by atoms with van der Waals surface area (Å²) in [6.07, 6.45) is 1.57. The van der Waals surface area contributed by atoms with E-state index in [2.05, 4.69) is 15.3 Å². The highest BCUT2D eigenvalue weighted by Gasteiger charge is 2.18. The maximum absolute atomic E-state index is 11.6. The number of aliphatic imine (C=N–C) groups is 1. The molecule has 1 rings (SSSR count). The van der Waals surface area contributed by atoms with Crippen molar-refractivity contribution in [1.29, 1.82) is 0 Å². The summed E-state index contributed by atoms with van der Waals surface area (Å²) in [6, 6.07) is 0. The number of hydrogen-bond acceptors (Lipinski definition) is 5. The lowest BCUT2D eigenvalue weighted by Gasteiger charge is -2.11. The molecular formula is C12H19N5O2. The zero-order valence-electron chi connectivity index (χ0n) is 11.9. The third-order valence-electron chi connectivity index (χ3n) is 2.56. The van der Waals surface area contributed by atoms with Crippen LogP contribution >= 0.6 is 0 Å². The van der Waals surface area contributed by atoms with Crippen LogP contribution in [0.15, 0.2) is 4.99 Å². The fourth-order valence-electron chi connectivity index (χ4n) is 1.56. The number of anilines is 1. The fraction of sp³-hybridized carbons (Fsp3) is 0.500. The smallest absolute Gasteiger partial charge is 0.241 e. The summed E-state index contributed by atoms with van der Waals surface area (Å²) in [5.74, 6) is 0.605. The topological polar surface area (TPSA) is 79.6 Å². The van der Waals surface area contributed by atoms with Gasteiger partial charge in [-0.1, -0.05) is 0 Å². The number of likely N-dealkylation sites (N-methyl/N-ethyl adjacent to an activating group) is 1. The molecule has 1 heterocycles. The molecule has 0 bridgehead atoms. The van der Waals surface area contributed by atoms with E-state index in [1.54, 1.807) is 38.8 Å². The summed E-state index contributed by atoms with van der Waals surface area (Å²) in [6.45, 7) is 3.33. The van der Waals surface area contributed by atoms with Gasteiger partial charge < -0.3 is 14.8 Å². The van der Waals surface area contributed by atoms with Crippen LogP contribution in [0.4, 0.5) is 11.8 Å². The van der Waals surface area contributed by atoms with E-state index in [1.807, 2.05) is 0 Å². The molecule has 0 spiro atoms. The zero-order chi connectivity index (χ0) is 14.6. The van der Waals surface area contributed by atoms with Crippen molar-refractivity contribution in [3.63, 3.8) is 0 Å². The number of amides is 1. The van der Waals surface area contributed by atoms with Gasteiger partial charge in [-0.2, -0.15) is 4.98 Å². The summed E-state index contributed by atoms with van der Waals surface area (Å²) >= 11 is 0.